The summed E-state index contributed by atoms with van der Waals surface area (Å²) in [6, 6.07) is 17.8. The molecule has 2 aromatic carbocycles. The smallest absolute Gasteiger partial charge is 0.237 e. The summed E-state index contributed by atoms with van der Waals surface area (Å²) in [7, 11) is 0. The lowest BCUT2D eigenvalue weighted by Gasteiger charge is -2.13. The zero-order valence-corrected chi connectivity index (χ0v) is 14.1. The van der Waals surface area contributed by atoms with E-state index < -0.39 is 0 Å². The quantitative estimate of drug-likeness (QED) is 0.747. The van der Waals surface area contributed by atoms with E-state index in [0.29, 0.717) is 0 Å². The maximum absolute atomic E-state index is 12.4. The number of hydrogen-bond donors (Lipinski definition) is 1. The van der Waals surface area contributed by atoms with Crippen LogP contribution in [0.25, 0.3) is 5.69 Å². The number of rotatable bonds is 6. The van der Waals surface area contributed by atoms with E-state index in [9.17, 15) is 4.79 Å². The van der Waals surface area contributed by atoms with Crippen LogP contribution in [0.2, 0.25) is 0 Å². The van der Waals surface area contributed by atoms with Crippen LogP contribution in [0.1, 0.15) is 12.5 Å². The van der Waals surface area contributed by atoms with Crippen LogP contribution >= 0.6 is 11.8 Å². The maximum Gasteiger partial charge on any atom is 0.237 e. The maximum atomic E-state index is 12.4. The van der Waals surface area contributed by atoms with Gasteiger partial charge in [-0.2, -0.15) is 0 Å². The molecule has 0 bridgehead atoms. The van der Waals surface area contributed by atoms with E-state index in [1.165, 1.54) is 5.56 Å². The van der Waals surface area contributed by atoms with Gasteiger partial charge in [0.2, 0.25) is 5.91 Å². The van der Waals surface area contributed by atoms with Crippen molar-refractivity contribution in [2.24, 2.45) is 0 Å². The minimum absolute atomic E-state index is 0.00293. The van der Waals surface area contributed by atoms with Gasteiger partial charge in [0.1, 0.15) is 12.7 Å². The standard InChI is InChI=1S/C18H18N4OS/c1-14(24-11-15-6-3-2-4-7-15)18(23)21-16-8-5-9-17(10-16)22-12-19-20-13-22/h2-10,12-14H,11H2,1H3,(H,21,23). The first-order valence-corrected chi connectivity index (χ1v) is 8.69. The molecule has 3 aromatic rings. The molecule has 1 N–H and O–H groups in total. The molecule has 0 spiro atoms. The highest BCUT2D eigenvalue weighted by atomic mass is 32.2. The van der Waals surface area contributed by atoms with Crippen molar-refractivity contribution in [1.82, 2.24) is 14.8 Å². The highest BCUT2D eigenvalue weighted by Gasteiger charge is 2.14. The summed E-state index contributed by atoms with van der Waals surface area (Å²) in [5.41, 5.74) is 2.89. The summed E-state index contributed by atoms with van der Waals surface area (Å²) in [4.78, 5) is 12.4. The number of aromatic nitrogens is 3. The van der Waals surface area contributed by atoms with Gasteiger partial charge in [-0.05, 0) is 30.7 Å². The van der Waals surface area contributed by atoms with Gasteiger partial charge >= 0.3 is 0 Å². The second-order valence-corrected chi connectivity index (χ2v) is 6.68. The van der Waals surface area contributed by atoms with Crippen molar-refractivity contribution in [2.45, 2.75) is 17.9 Å². The van der Waals surface area contributed by atoms with Crippen LogP contribution in [0.4, 0.5) is 5.69 Å². The van der Waals surface area contributed by atoms with E-state index in [-0.39, 0.29) is 11.2 Å². The number of nitrogens with one attached hydrogen (secondary N) is 1. The number of benzene rings is 2. The van der Waals surface area contributed by atoms with Crippen molar-refractivity contribution in [3.8, 4) is 5.69 Å². The second-order valence-electron chi connectivity index (χ2n) is 5.35. The molecule has 0 radical (unpaired) electrons. The molecule has 1 aromatic heterocycles. The highest BCUT2D eigenvalue weighted by Crippen LogP contribution is 2.20. The number of nitrogens with zero attached hydrogens (tertiary/aromatic N) is 3. The van der Waals surface area contributed by atoms with Gasteiger partial charge in [0.15, 0.2) is 0 Å². The fourth-order valence-electron chi connectivity index (χ4n) is 2.19. The first-order valence-electron chi connectivity index (χ1n) is 7.64. The molecule has 0 aliphatic heterocycles. The molecule has 1 heterocycles. The Balaban J connectivity index is 1.59. The van der Waals surface area contributed by atoms with Gasteiger partial charge in [0.25, 0.3) is 0 Å². The molecule has 122 valence electrons. The van der Waals surface area contributed by atoms with E-state index in [0.717, 1.165) is 17.1 Å². The molecule has 6 heteroatoms. The molecule has 0 aliphatic rings. The van der Waals surface area contributed by atoms with Crippen LogP contribution < -0.4 is 5.32 Å². The summed E-state index contributed by atoms with van der Waals surface area (Å²) in [6.07, 6.45) is 3.25. The first-order chi connectivity index (χ1) is 11.7. The lowest BCUT2D eigenvalue weighted by molar-refractivity contribution is -0.115. The third kappa shape index (κ3) is 4.23. The van der Waals surface area contributed by atoms with Crippen molar-refractivity contribution in [2.75, 3.05) is 5.32 Å². The van der Waals surface area contributed by atoms with Crippen LogP contribution in [0, 0.1) is 0 Å². The normalized spacial score (nSPS) is 11.9. The van der Waals surface area contributed by atoms with E-state index in [1.54, 1.807) is 29.0 Å². The van der Waals surface area contributed by atoms with Crippen LogP contribution in [-0.4, -0.2) is 25.9 Å². The van der Waals surface area contributed by atoms with E-state index >= 15 is 0 Å². The SMILES string of the molecule is CC(SCc1ccccc1)C(=O)Nc1cccc(-n2cnnc2)c1. The molecule has 1 amide bonds. The Hall–Kier alpha value is -2.60. The Morgan fingerprint density at radius 1 is 1.12 bits per heavy atom. The monoisotopic (exact) mass is 338 g/mol. The van der Waals surface area contributed by atoms with Gasteiger partial charge in [0, 0.05) is 11.4 Å². The fraction of sp³-hybridized carbons (Fsp3) is 0.167. The molecular formula is C18H18N4OS. The first kappa shape index (κ1) is 16.3. The molecule has 1 unspecified atom stereocenters. The number of hydrogen-bond acceptors (Lipinski definition) is 4. The van der Waals surface area contributed by atoms with Gasteiger partial charge in [-0.25, -0.2) is 0 Å². The van der Waals surface area contributed by atoms with Crippen LogP contribution in [-0.2, 0) is 10.5 Å². The fourth-order valence-corrected chi connectivity index (χ4v) is 3.04. The molecule has 0 saturated carbocycles. The summed E-state index contributed by atoms with van der Waals surface area (Å²) < 4.78 is 1.79. The third-order valence-electron chi connectivity index (χ3n) is 3.54. The van der Waals surface area contributed by atoms with Gasteiger partial charge in [0.05, 0.1) is 10.9 Å². The van der Waals surface area contributed by atoms with E-state index in [1.807, 2.05) is 49.4 Å². The summed E-state index contributed by atoms with van der Waals surface area (Å²) in [5, 5.41) is 10.4. The molecule has 5 nitrogen and oxygen atoms in total. The Labute approximate surface area is 145 Å². The Morgan fingerprint density at radius 3 is 2.62 bits per heavy atom. The van der Waals surface area contributed by atoms with Crippen molar-refractivity contribution < 1.29 is 4.79 Å². The lowest BCUT2D eigenvalue weighted by atomic mass is 10.2. The highest BCUT2D eigenvalue weighted by molar-refractivity contribution is 7.99. The second kappa shape index (κ2) is 7.79. The Kier molecular flexibility index (Phi) is 5.28. The molecule has 0 saturated heterocycles. The average molecular weight is 338 g/mol. The molecular weight excluding hydrogens is 320 g/mol. The van der Waals surface area contributed by atoms with Crippen LogP contribution in [0.5, 0.6) is 0 Å². The van der Waals surface area contributed by atoms with Crippen molar-refractivity contribution >= 4 is 23.4 Å². The summed E-state index contributed by atoms with van der Waals surface area (Å²) >= 11 is 1.62. The minimum atomic E-state index is -0.135. The lowest BCUT2D eigenvalue weighted by Crippen LogP contribution is -2.22. The predicted octanol–water partition coefficient (Wildman–Crippen LogP) is 3.53. The van der Waals surface area contributed by atoms with Gasteiger partial charge in [-0.3, -0.25) is 9.36 Å². The number of amides is 1. The molecule has 0 aliphatic carbocycles. The summed E-state index contributed by atoms with van der Waals surface area (Å²) in [6.45, 7) is 1.92. The Morgan fingerprint density at radius 2 is 1.88 bits per heavy atom. The molecule has 1 atom stereocenters. The number of anilines is 1. The van der Waals surface area contributed by atoms with Gasteiger partial charge < -0.3 is 5.32 Å². The molecule has 3 rings (SSSR count). The Bertz CT molecular complexity index is 790. The van der Waals surface area contributed by atoms with Crippen molar-refractivity contribution in [1.29, 1.82) is 0 Å². The van der Waals surface area contributed by atoms with E-state index in [4.69, 9.17) is 0 Å². The number of carbonyl (C=O) groups is 1. The zero-order valence-electron chi connectivity index (χ0n) is 13.3. The zero-order chi connectivity index (χ0) is 16.8. The van der Waals surface area contributed by atoms with Crippen LogP contribution in [0.3, 0.4) is 0 Å². The van der Waals surface area contributed by atoms with Crippen molar-refractivity contribution in [3.05, 3.63) is 72.8 Å². The number of carbonyl (C=O) groups excluding carboxylic acids is 1. The van der Waals surface area contributed by atoms with Crippen LogP contribution in [0.15, 0.2) is 67.3 Å². The topological polar surface area (TPSA) is 59.8 Å². The van der Waals surface area contributed by atoms with Crippen molar-refractivity contribution in [3.63, 3.8) is 0 Å². The number of thioether (sulfide) groups is 1. The molecule has 24 heavy (non-hydrogen) atoms. The summed E-state index contributed by atoms with van der Waals surface area (Å²) in [5.74, 6) is 0.813. The largest absolute Gasteiger partial charge is 0.325 e. The third-order valence-corrected chi connectivity index (χ3v) is 4.76. The average Bonchev–Trinajstić information content (AvgIpc) is 3.15. The molecule has 0 fully saturated rings. The van der Waals surface area contributed by atoms with E-state index in [2.05, 4.69) is 27.6 Å². The van der Waals surface area contributed by atoms with Gasteiger partial charge in [-0.1, -0.05) is 36.4 Å². The minimum Gasteiger partial charge on any atom is -0.325 e. The predicted molar refractivity (Wildman–Crippen MR) is 97.2 cm³/mol. The van der Waals surface area contributed by atoms with Gasteiger partial charge in [-0.15, -0.1) is 22.0 Å².